The largest absolute Gasteiger partial charge is 0.462 e. The lowest BCUT2D eigenvalue weighted by Gasteiger charge is -2.05. The Hall–Kier alpha value is -3.07. The molecule has 0 saturated heterocycles. The molecule has 1 amide bonds. The fraction of sp³-hybridized carbons (Fsp3) is 0.316. The van der Waals surface area contributed by atoms with E-state index in [1.165, 1.54) is 16.1 Å². The van der Waals surface area contributed by atoms with E-state index < -0.39 is 5.97 Å². The summed E-state index contributed by atoms with van der Waals surface area (Å²) >= 11 is 1.36. The number of carbonyl (C=O) groups is 2. The summed E-state index contributed by atoms with van der Waals surface area (Å²) in [4.78, 5) is 26.8. The van der Waals surface area contributed by atoms with E-state index in [-0.39, 0.29) is 19.1 Å². The van der Waals surface area contributed by atoms with Gasteiger partial charge in [0, 0.05) is 10.4 Å². The van der Waals surface area contributed by atoms with Crippen molar-refractivity contribution in [1.29, 1.82) is 0 Å². The number of aryl methyl sites for hydroxylation is 2. The molecule has 2 heterocycles. The molecule has 0 aliphatic carbocycles. The summed E-state index contributed by atoms with van der Waals surface area (Å²) in [5.74, 6) is -0.333. The molecule has 0 aliphatic rings. The summed E-state index contributed by atoms with van der Waals surface area (Å²) in [7, 11) is 0. The van der Waals surface area contributed by atoms with Gasteiger partial charge in [0.05, 0.1) is 12.2 Å². The van der Waals surface area contributed by atoms with E-state index in [2.05, 4.69) is 20.7 Å². The topological polar surface area (TPSA) is 99.0 Å². The highest BCUT2D eigenvalue weighted by molar-refractivity contribution is 7.16. The van der Waals surface area contributed by atoms with Crippen LogP contribution in [0.5, 0.6) is 0 Å². The Kier molecular flexibility index (Phi) is 6.15. The van der Waals surface area contributed by atoms with Gasteiger partial charge in [-0.2, -0.15) is 4.80 Å². The number of nitrogens with one attached hydrogen (secondary N) is 1. The van der Waals surface area contributed by atoms with Crippen LogP contribution in [0.15, 0.2) is 30.3 Å². The van der Waals surface area contributed by atoms with Gasteiger partial charge in [-0.05, 0) is 37.1 Å². The van der Waals surface area contributed by atoms with E-state index in [9.17, 15) is 9.59 Å². The SMILES string of the molecule is CCOC(=O)c1cc(CC)sc1NC(=O)Cn1nnc(-c2ccccc2C)n1. The Morgan fingerprint density at radius 1 is 1.25 bits per heavy atom. The highest BCUT2D eigenvalue weighted by Crippen LogP contribution is 2.29. The molecule has 1 aromatic carbocycles. The third-order valence-electron chi connectivity index (χ3n) is 4.00. The van der Waals surface area contributed by atoms with Gasteiger partial charge >= 0.3 is 5.97 Å². The molecule has 0 unspecified atom stereocenters. The maximum Gasteiger partial charge on any atom is 0.341 e. The van der Waals surface area contributed by atoms with Crippen molar-refractivity contribution in [3.8, 4) is 11.4 Å². The minimum atomic E-state index is -0.450. The number of carbonyl (C=O) groups excluding carboxylic acids is 2. The third-order valence-corrected chi connectivity index (χ3v) is 5.20. The number of rotatable bonds is 7. The van der Waals surface area contributed by atoms with Crippen molar-refractivity contribution in [3.05, 3.63) is 46.3 Å². The van der Waals surface area contributed by atoms with E-state index in [4.69, 9.17) is 4.74 Å². The zero-order chi connectivity index (χ0) is 20.1. The highest BCUT2D eigenvalue weighted by Gasteiger charge is 2.19. The molecule has 8 nitrogen and oxygen atoms in total. The second-order valence-corrected chi connectivity index (χ2v) is 7.17. The summed E-state index contributed by atoms with van der Waals surface area (Å²) in [5, 5.41) is 15.5. The van der Waals surface area contributed by atoms with Crippen molar-refractivity contribution < 1.29 is 14.3 Å². The van der Waals surface area contributed by atoms with E-state index in [1.54, 1.807) is 13.0 Å². The van der Waals surface area contributed by atoms with Crippen LogP contribution >= 0.6 is 11.3 Å². The van der Waals surface area contributed by atoms with Crippen LogP contribution in [0.1, 0.15) is 34.6 Å². The molecule has 0 fully saturated rings. The van der Waals surface area contributed by atoms with E-state index in [0.29, 0.717) is 16.4 Å². The second-order valence-electron chi connectivity index (χ2n) is 6.04. The van der Waals surface area contributed by atoms with E-state index in [0.717, 1.165) is 22.4 Å². The van der Waals surface area contributed by atoms with Crippen LogP contribution in [-0.4, -0.2) is 38.7 Å². The number of tetrazole rings is 1. The average molecular weight is 399 g/mol. The standard InChI is InChI=1S/C19H21N5O3S/c1-4-13-10-15(19(26)27-5-2)18(28-13)20-16(25)11-24-22-17(21-23-24)14-9-7-6-8-12(14)3/h6-10H,4-5,11H2,1-3H3,(H,20,25). The summed E-state index contributed by atoms with van der Waals surface area (Å²) in [6, 6.07) is 9.45. The van der Waals surface area contributed by atoms with Gasteiger partial charge in [0.2, 0.25) is 11.7 Å². The van der Waals surface area contributed by atoms with Crippen molar-refractivity contribution in [2.45, 2.75) is 33.7 Å². The molecule has 1 N–H and O–H groups in total. The van der Waals surface area contributed by atoms with Gasteiger partial charge in [0.15, 0.2) is 0 Å². The van der Waals surface area contributed by atoms with Crippen molar-refractivity contribution in [3.63, 3.8) is 0 Å². The van der Waals surface area contributed by atoms with Crippen LogP contribution in [-0.2, 0) is 22.5 Å². The number of benzene rings is 1. The van der Waals surface area contributed by atoms with Gasteiger partial charge in [-0.15, -0.1) is 21.5 Å². The molecule has 0 bridgehead atoms. The van der Waals surface area contributed by atoms with E-state index in [1.807, 2.05) is 38.1 Å². The normalized spacial score (nSPS) is 10.7. The number of amides is 1. The van der Waals surface area contributed by atoms with Gasteiger partial charge < -0.3 is 10.1 Å². The smallest absolute Gasteiger partial charge is 0.341 e. The molecule has 0 atom stereocenters. The monoisotopic (exact) mass is 399 g/mol. The summed E-state index contributed by atoms with van der Waals surface area (Å²) < 4.78 is 5.07. The van der Waals surface area contributed by atoms with Crippen LogP contribution in [0, 0.1) is 6.92 Å². The Morgan fingerprint density at radius 3 is 2.75 bits per heavy atom. The highest BCUT2D eigenvalue weighted by atomic mass is 32.1. The summed E-state index contributed by atoms with van der Waals surface area (Å²) in [5.41, 5.74) is 2.25. The molecule has 9 heteroatoms. The number of anilines is 1. The maximum absolute atomic E-state index is 12.4. The Labute approximate surface area is 166 Å². The van der Waals surface area contributed by atoms with E-state index >= 15 is 0 Å². The first-order chi connectivity index (χ1) is 13.5. The molecule has 0 radical (unpaired) electrons. The Bertz CT molecular complexity index is 995. The number of hydrogen-bond donors (Lipinski definition) is 1. The van der Waals surface area contributed by atoms with Crippen molar-refractivity contribution in [2.24, 2.45) is 0 Å². The van der Waals surface area contributed by atoms with Gasteiger partial charge in [-0.3, -0.25) is 4.79 Å². The van der Waals surface area contributed by atoms with Crippen LogP contribution in [0.2, 0.25) is 0 Å². The number of nitrogens with zero attached hydrogens (tertiary/aromatic N) is 4. The van der Waals surface area contributed by atoms with Crippen molar-refractivity contribution in [2.75, 3.05) is 11.9 Å². The minimum Gasteiger partial charge on any atom is -0.462 e. The van der Waals surface area contributed by atoms with Gasteiger partial charge in [-0.25, -0.2) is 4.79 Å². The molecule has 28 heavy (non-hydrogen) atoms. The molecule has 146 valence electrons. The predicted octanol–water partition coefficient (Wildman–Crippen LogP) is 3.09. The number of aromatic nitrogens is 4. The quantitative estimate of drug-likeness (QED) is 0.613. The first kappa shape index (κ1) is 19.7. The Morgan fingerprint density at radius 2 is 2.04 bits per heavy atom. The zero-order valence-electron chi connectivity index (χ0n) is 15.9. The lowest BCUT2D eigenvalue weighted by Crippen LogP contribution is -2.21. The molecule has 0 aliphatic heterocycles. The summed E-state index contributed by atoms with van der Waals surface area (Å²) in [6.07, 6.45) is 0.761. The second kappa shape index (κ2) is 8.75. The van der Waals surface area contributed by atoms with Crippen molar-refractivity contribution >= 4 is 28.2 Å². The predicted molar refractivity (Wildman–Crippen MR) is 106 cm³/mol. The Balaban J connectivity index is 1.72. The minimum absolute atomic E-state index is 0.111. The third kappa shape index (κ3) is 4.42. The molecule has 3 rings (SSSR count). The van der Waals surface area contributed by atoms with Gasteiger partial charge in [0.1, 0.15) is 11.5 Å². The van der Waals surface area contributed by atoms with Crippen molar-refractivity contribution in [1.82, 2.24) is 20.2 Å². The lowest BCUT2D eigenvalue weighted by molar-refractivity contribution is -0.117. The first-order valence-electron chi connectivity index (χ1n) is 8.95. The van der Waals surface area contributed by atoms with Gasteiger partial charge in [-0.1, -0.05) is 31.2 Å². The molecule has 2 aromatic heterocycles. The molecule has 3 aromatic rings. The zero-order valence-corrected chi connectivity index (χ0v) is 16.7. The number of ether oxygens (including phenoxy) is 1. The lowest BCUT2D eigenvalue weighted by atomic mass is 10.1. The van der Waals surface area contributed by atoms with Gasteiger partial charge in [0.25, 0.3) is 0 Å². The van der Waals surface area contributed by atoms with Crippen LogP contribution in [0.25, 0.3) is 11.4 Å². The first-order valence-corrected chi connectivity index (χ1v) is 9.77. The van der Waals surface area contributed by atoms with Crippen LogP contribution < -0.4 is 5.32 Å². The maximum atomic E-state index is 12.4. The molecule has 0 saturated carbocycles. The molecular weight excluding hydrogens is 378 g/mol. The molecular formula is C19H21N5O3S. The number of esters is 1. The fourth-order valence-corrected chi connectivity index (χ4v) is 3.61. The average Bonchev–Trinajstić information content (AvgIpc) is 3.29. The fourth-order valence-electron chi connectivity index (χ4n) is 2.61. The van der Waals surface area contributed by atoms with Crippen LogP contribution in [0.4, 0.5) is 5.00 Å². The number of thiophene rings is 1. The molecule has 0 spiro atoms. The van der Waals surface area contributed by atoms with Crippen LogP contribution in [0.3, 0.4) is 0 Å². The summed E-state index contributed by atoms with van der Waals surface area (Å²) in [6.45, 7) is 5.85. The number of hydrogen-bond acceptors (Lipinski definition) is 7.